The number of nitrogens with two attached hydrogens (primary N) is 1. The van der Waals surface area contributed by atoms with Gasteiger partial charge in [-0.3, -0.25) is 9.59 Å². The lowest BCUT2D eigenvalue weighted by Crippen LogP contribution is -2.38. The lowest BCUT2D eigenvalue weighted by Gasteiger charge is -2.35. The van der Waals surface area contributed by atoms with Gasteiger partial charge in [0.1, 0.15) is 11.3 Å². The van der Waals surface area contributed by atoms with Gasteiger partial charge in [-0.1, -0.05) is 24.3 Å². The molecule has 1 saturated heterocycles. The first-order valence-corrected chi connectivity index (χ1v) is 14.0. The average Bonchev–Trinajstić information content (AvgIpc) is 3.51. The highest BCUT2D eigenvalue weighted by atomic mass is 19.1. The molecule has 2 aliphatic heterocycles. The number of oxazole rings is 1. The molecular weight excluding hydrogens is 507 g/mol. The van der Waals surface area contributed by atoms with Gasteiger partial charge in [0.2, 0.25) is 11.8 Å². The van der Waals surface area contributed by atoms with Gasteiger partial charge in [-0.2, -0.15) is 0 Å². The molecule has 0 spiro atoms. The molecule has 2 atom stereocenters. The number of rotatable bonds is 5. The van der Waals surface area contributed by atoms with Crippen molar-refractivity contribution in [2.24, 2.45) is 11.7 Å². The summed E-state index contributed by atoms with van der Waals surface area (Å²) in [4.78, 5) is 34.0. The molecule has 4 aromatic rings. The molecule has 3 heterocycles. The lowest BCUT2D eigenvalue weighted by molar-refractivity contribution is -0.121. The number of aromatic nitrogens is 1. The van der Waals surface area contributed by atoms with E-state index in [1.54, 1.807) is 12.1 Å². The third-order valence-electron chi connectivity index (χ3n) is 8.78. The Kier molecular flexibility index (Phi) is 5.87. The fourth-order valence-corrected chi connectivity index (χ4v) is 6.32. The molecule has 1 saturated carbocycles. The van der Waals surface area contributed by atoms with Gasteiger partial charge >= 0.3 is 0 Å². The molecule has 1 unspecified atom stereocenters. The highest BCUT2D eigenvalue weighted by Gasteiger charge is 2.33. The summed E-state index contributed by atoms with van der Waals surface area (Å²) in [6.45, 7) is 3.87. The number of hydrogen-bond donors (Lipinski definition) is 1. The van der Waals surface area contributed by atoms with Crippen LogP contribution < -0.4 is 10.6 Å². The number of fused-ring (bicyclic) bond motifs is 2. The van der Waals surface area contributed by atoms with Crippen LogP contribution in [0.5, 0.6) is 0 Å². The molecule has 204 valence electrons. The molecule has 3 aromatic carbocycles. The molecule has 0 radical (unpaired) electrons. The molecule has 2 N–H and O–H groups in total. The summed E-state index contributed by atoms with van der Waals surface area (Å²) in [6.07, 6.45) is 3.56. The SMILES string of the molecule is CC1c2ccccc2CCN1C(=O)c1cc(C2CC2)c2nc(-c3ccc(N4CC[C@H](C(N)=O)C4)cc3F)oc2c1. The molecule has 1 aromatic heterocycles. The van der Waals surface area contributed by atoms with Crippen molar-refractivity contribution >= 4 is 28.6 Å². The molecule has 0 bridgehead atoms. The predicted octanol–water partition coefficient (Wildman–Crippen LogP) is 5.58. The van der Waals surface area contributed by atoms with Crippen LogP contribution in [0.1, 0.15) is 65.2 Å². The molecule has 2 amide bonds. The van der Waals surface area contributed by atoms with Crippen LogP contribution in [0.15, 0.2) is 59.0 Å². The Hall–Kier alpha value is -4.20. The Morgan fingerprint density at radius 2 is 1.85 bits per heavy atom. The maximum Gasteiger partial charge on any atom is 0.254 e. The number of halogens is 1. The minimum absolute atomic E-state index is 0.0238. The van der Waals surface area contributed by atoms with Crippen molar-refractivity contribution in [2.75, 3.05) is 24.5 Å². The summed E-state index contributed by atoms with van der Waals surface area (Å²) >= 11 is 0. The first-order chi connectivity index (χ1) is 19.4. The van der Waals surface area contributed by atoms with E-state index in [0.29, 0.717) is 54.3 Å². The summed E-state index contributed by atoms with van der Waals surface area (Å²) in [6, 6.07) is 16.9. The summed E-state index contributed by atoms with van der Waals surface area (Å²) < 4.78 is 21.5. The summed E-state index contributed by atoms with van der Waals surface area (Å²) in [5, 5.41) is 0. The third-order valence-corrected chi connectivity index (χ3v) is 8.78. The third kappa shape index (κ3) is 4.22. The molecular formula is C32H31FN4O3. The number of anilines is 1. The zero-order chi connectivity index (χ0) is 27.5. The van der Waals surface area contributed by atoms with Crippen LogP contribution in [0.2, 0.25) is 0 Å². The average molecular weight is 539 g/mol. The van der Waals surface area contributed by atoms with E-state index in [1.807, 2.05) is 34.1 Å². The Labute approximate surface area is 231 Å². The van der Waals surface area contributed by atoms with E-state index in [-0.39, 0.29) is 35.2 Å². The standard InChI is InChI=1S/C32H31FN4O3/c1-18-24-5-3-2-4-19(24)11-13-37(18)32(39)22-14-26(20-6-7-20)29-28(15-22)40-31(35-29)25-9-8-23(16-27(25)33)36-12-10-21(17-36)30(34)38/h2-5,8-9,14-16,18,20-21H,6-7,10-13,17H2,1H3,(H2,34,38)/t18?,21-/m0/s1. The Morgan fingerprint density at radius 3 is 2.60 bits per heavy atom. The Morgan fingerprint density at radius 1 is 1.02 bits per heavy atom. The van der Waals surface area contributed by atoms with Gasteiger partial charge < -0.3 is 20.0 Å². The largest absolute Gasteiger partial charge is 0.436 e. The van der Waals surface area contributed by atoms with Gasteiger partial charge in [0.05, 0.1) is 17.5 Å². The maximum atomic E-state index is 15.4. The molecule has 7 nitrogen and oxygen atoms in total. The monoisotopic (exact) mass is 538 g/mol. The van der Waals surface area contributed by atoms with Crippen LogP contribution in [0.3, 0.4) is 0 Å². The number of nitrogens with zero attached hydrogens (tertiary/aromatic N) is 3. The number of carbonyl (C=O) groups excluding carboxylic acids is 2. The van der Waals surface area contributed by atoms with Crippen LogP contribution >= 0.6 is 0 Å². The second-order valence-electron chi connectivity index (χ2n) is 11.3. The smallest absolute Gasteiger partial charge is 0.254 e. The second-order valence-corrected chi connectivity index (χ2v) is 11.3. The van der Waals surface area contributed by atoms with Crippen LogP contribution in [0.25, 0.3) is 22.6 Å². The highest BCUT2D eigenvalue weighted by Crippen LogP contribution is 2.45. The number of carbonyl (C=O) groups is 2. The molecule has 2 fully saturated rings. The van der Waals surface area contributed by atoms with Gasteiger partial charge in [-0.05, 0) is 85.5 Å². The minimum Gasteiger partial charge on any atom is -0.436 e. The molecule has 1 aliphatic carbocycles. The normalized spacial score (nSPS) is 20.6. The Balaban J connectivity index is 1.21. The quantitative estimate of drug-likeness (QED) is 0.358. The van der Waals surface area contributed by atoms with E-state index in [1.165, 1.54) is 17.2 Å². The van der Waals surface area contributed by atoms with Gasteiger partial charge in [0.25, 0.3) is 5.91 Å². The second kappa shape index (κ2) is 9.47. The van der Waals surface area contributed by atoms with Gasteiger partial charge in [0, 0.05) is 30.9 Å². The van der Waals surface area contributed by atoms with Crippen LogP contribution in [0.4, 0.5) is 10.1 Å². The van der Waals surface area contributed by atoms with Gasteiger partial charge in [0.15, 0.2) is 5.58 Å². The minimum atomic E-state index is -0.448. The fraction of sp³-hybridized carbons (Fsp3) is 0.344. The van der Waals surface area contributed by atoms with Gasteiger partial charge in [-0.25, -0.2) is 9.37 Å². The van der Waals surface area contributed by atoms with Crippen LogP contribution in [-0.4, -0.2) is 41.3 Å². The highest BCUT2D eigenvalue weighted by molar-refractivity contribution is 5.99. The number of benzene rings is 3. The van der Waals surface area contributed by atoms with Crippen molar-refractivity contribution in [1.82, 2.24) is 9.88 Å². The van der Waals surface area contributed by atoms with Crippen LogP contribution in [-0.2, 0) is 11.2 Å². The lowest BCUT2D eigenvalue weighted by atomic mass is 9.93. The van der Waals surface area contributed by atoms with Crippen molar-refractivity contribution < 1.29 is 18.4 Å². The van der Waals surface area contributed by atoms with Gasteiger partial charge in [-0.15, -0.1) is 0 Å². The van der Waals surface area contributed by atoms with E-state index >= 15 is 4.39 Å². The van der Waals surface area contributed by atoms with Crippen molar-refractivity contribution in [2.45, 2.75) is 44.6 Å². The van der Waals surface area contributed by atoms with E-state index in [0.717, 1.165) is 24.8 Å². The fourth-order valence-electron chi connectivity index (χ4n) is 6.32. The van der Waals surface area contributed by atoms with Crippen molar-refractivity contribution in [3.8, 4) is 11.5 Å². The summed E-state index contributed by atoms with van der Waals surface area (Å²) in [5.74, 6) is -0.499. The van der Waals surface area contributed by atoms with E-state index < -0.39 is 5.82 Å². The predicted molar refractivity (Wildman–Crippen MR) is 150 cm³/mol. The topological polar surface area (TPSA) is 92.7 Å². The zero-order valence-corrected chi connectivity index (χ0v) is 22.4. The van der Waals surface area contributed by atoms with Crippen LogP contribution in [0, 0.1) is 11.7 Å². The molecule has 40 heavy (non-hydrogen) atoms. The Bertz CT molecular complexity index is 1660. The first kappa shape index (κ1) is 24.8. The molecule has 3 aliphatic rings. The molecule has 7 rings (SSSR count). The molecule has 8 heteroatoms. The number of primary amides is 1. The van der Waals surface area contributed by atoms with Crippen molar-refractivity contribution in [1.29, 1.82) is 0 Å². The van der Waals surface area contributed by atoms with Crippen molar-refractivity contribution in [3.05, 3.63) is 82.7 Å². The first-order valence-electron chi connectivity index (χ1n) is 14.0. The summed E-state index contributed by atoms with van der Waals surface area (Å²) in [7, 11) is 0. The summed E-state index contributed by atoms with van der Waals surface area (Å²) in [5.41, 5.74) is 11.7. The van der Waals surface area contributed by atoms with E-state index in [2.05, 4.69) is 19.1 Å². The number of amides is 2. The van der Waals surface area contributed by atoms with Crippen molar-refractivity contribution in [3.63, 3.8) is 0 Å². The van der Waals surface area contributed by atoms with E-state index in [9.17, 15) is 9.59 Å². The maximum absolute atomic E-state index is 15.4. The van der Waals surface area contributed by atoms with E-state index in [4.69, 9.17) is 15.1 Å². The number of hydrogen-bond acceptors (Lipinski definition) is 5. The zero-order valence-electron chi connectivity index (χ0n) is 22.4.